The van der Waals surface area contributed by atoms with Gasteiger partial charge < -0.3 is 15.2 Å². The highest BCUT2D eigenvalue weighted by molar-refractivity contribution is 4.77. The fraction of sp³-hybridized carbons (Fsp3) is 1.00. The summed E-state index contributed by atoms with van der Waals surface area (Å²) in [6, 6.07) is 0. The highest BCUT2D eigenvalue weighted by Gasteiger charge is 2.24. The maximum absolute atomic E-state index is 9.42. The third-order valence-corrected chi connectivity index (χ3v) is 3.53. The Labute approximate surface area is 107 Å². The zero-order valence-corrected chi connectivity index (χ0v) is 12.1. The molecule has 0 aliphatic rings. The van der Waals surface area contributed by atoms with Crippen molar-refractivity contribution in [3.63, 3.8) is 0 Å². The molecule has 2 N–H and O–H groups in total. The molecule has 0 saturated carbocycles. The van der Waals surface area contributed by atoms with E-state index in [1.807, 2.05) is 0 Å². The molecule has 0 radical (unpaired) electrons. The van der Waals surface area contributed by atoms with E-state index < -0.39 is 0 Å². The molecule has 0 saturated heterocycles. The molecule has 0 heterocycles. The van der Waals surface area contributed by atoms with Crippen molar-refractivity contribution in [3.8, 4) is 0 Å². The van der Waals surface area contributed by atoms with E-state index in [0.29, 0.717) is 6.10 Å². The first-order chi connectivity index (χ1) is 8.10. The second-order valence-electron chi connectivity index (χ2n) is 5.17. The van der Waals surface area contributed by atoms with E-state index in [-0.39, 0.29) is 12.0 Å². The van der Waals surface area contributed by atoms with Gasteiger partial charge in [-0.1, -0.05) is 13.8 Å². The number of unbranched alkanes of at least 4 members (excludes halogenated alkanes) is 1. The maximum Gasteiger partial charge on any atom is 0.0518 e. The molecule has 0 spiro atoms. The normalized spacial score (nSPS) is 12.4. The quantitative estimate of drug-likeness (QED) is 0.550. The van der Waals surface area contributed by atoms with Gasteiger partial charge in [-0.3, -0.25) is 0 Å². The van der Waals surface area contributed by atoms with Crippen molar-refractivity contribution in [1.82, 2.24) is 5.32 Å². The van der Waals surface area contributed by atoms with Crippen LogP contribution >= 0.6 is 0 Å². The van der Waals surface area contributed by atoms with E-state index in [9.17, 15) is 5.11 Å². The van der Waals surface area contributed by atoms with Gasteiger partial charge in [0.2, 0.25) is 0 Å². The van der Waals surface area contributed by atoms with E-state index in [0.717, 1.165) is 45.4 Å². The van der Waals surface area contributed by atoms with Crippen LogP contribution in [0.1, 0.15) is 53.4 Å². The summed E-state index contributed by atoms with van der Waals surface area (Å²) < 4.78 is 5.49. The van der Waals surface area contributed by atoms with E-state index >= 15 is 0 Å². The van der Waals surface area contributed by atoms with Crippen molar-refractivity contribution in [3.05, 3.63) is 0 Å². The topological polar surface area (TPSA) is 41.5 Å². The minimum atomic E-state index is 0.0778. The Kier molecular flexibility index (Phi) is 9.79. The van der Waals surface area contributed by atoms with Crippen LogP contribution in [-0.2, 0) is 4.74 Å². The number of aliphatic hydroxyl groups excluding tert-OH is 1. The highest BCUT2D eigenvalue weighted by atomic mass is 16.5. The number of ether oxygens (including phenoxy) is 1. The molecule has 3 heteroatoms. The lowest BCUT2D eigenvalue weighted by Gasteiger charge is -2.29. The SMILES string of the molecule is CCC(CC)(CO)CNCCCCOC(C)C. The Morgan fingerprint density at radius 2 is 1.82 bits per heavy atom. The van der Waals surface area contributed by atoms with E-state index in [1.165, 1.54) is 0 Å². The molecule has 3 nitrogen and oxygen atoms in total. The van der Waals surface area contributed by atoms with Crippen LogP contribution in [0.4, 0.5) is 0 Å². The minimum Gasteiger partial charge on any atom is -0.396 e. The second kappa shape index (κ2) is 9.86. The lowest BCUT2D eigenvalue weighted by molar-refractivity contribution is 0.0754. The maximum atomic E-state index is 9.42. The first-order valence-corrected chi connectivity index (χ1v) is 7.03. The van der Waals surface area contributed by atoms with Crippen LogP contribution in [0.25, 0.3) is 0 Å². The van der Waals surface area contributed by atoms with Crippen LogP contribution in [0.15, 0.2) is 0 Å². The molecule has 0 aromatic heterocycles. The van der Waals surface area contributed by atoms with Crippen LogP contribution in [0, 0.1) is 5.41 Å². The largest absolute Gasteiger partial charge is 0.396 e. The Hall–Kier alpha value is -0.120. The van der Waals surface area contributed by atoms with Crippen molar-refractivity contribution in [2.24, 2.45) is 5.41 Å². The van der Waals surface area contributed by atoms with E-state index in [4.69, 9.17) is 4.74 Å². The Balaban J connectivity index is 3.49. The first-order valence-electron chi connectivity index (χ1n) is 7.03. The first kappa shape index (κ1) is 16.9. The summed E-state index contributed by atoms with van der Waals surface area (Å²) in [5.41, 5.74) is 0.0778. The highest BCUT2D eigenvalue weighted by Crippen LogP contribution is 2.24. The van der Waals surface area contributed by atoms with Crippen molar-refractivity contribution < 1.29 is 9.84 Å². The van der Waals surface area contributed by atoms with Gasteiger partial charge in [0.1, 0.15) is 0 Å². The number of aliphatic hydroxyl groups is 1. The van der Waals surface area contributed by atoms with Gasteiger partial charge in [0, 0.05) is 25.2 Å². The average Bonchev–Trinajstić information content (AvgIpc) is 2.33. The molecule has 0 rings (SSSR count). The van der Waals surface area contributed by atoms with Gasteiger partial charge in [0.05, 0.1) is 6.10 Å². The van der Waals surface area contributed by atoms with Crippen LogP contribution in [0.2, 0.25) is 0 Å². The molecule has 0 atom stereocenters. The fourth-order valence-corrected chi connectivity index (χ4v) is 1.80. The predicted molar refractivity (Wildman–Crippen MR) is 73.3 cm³/mol. The Bertz CT molecular complexity index is 159. The third kappa shape index (κ3) is 7.74. The van der Waals surface area contributed by atoms with Crippen molar-refractivity contribution in [2.75, 3.05) is 26.3 Å². The number of rotatable bonds is 11. The summed E-state index contributed by atoms with van der Waals surface area (Å²) in [5, 5.41) is 12.9. The summed E-state index contributed by atoms with van der Waals surface area (Å²) in [4.78, 5) is 0. The minimum absolute atomic E-state index is 0.0778. The molecule has 0 aliphatic carbocycles. The third-order valence-electron chi connectivity index (χ3n) is 3.53. The summed E-state index contributed by atoms with van der Waals surface area (Å²) in [6.45, 7) is 11.5. The lowest BCUT2D eigenvalue weighted by atomic mass is 9.83. The second-order valence-corrected chi connectivity index (χ2v) is 5.17. The molecule has 0 bridgehead atoms. The van der Waals surface area contributed by atoms with Gasteiger partial charge in [-0.05, 0) is 46.1 Å². The van der Waals surface area contributed by atoms with Crippen LogP contribution in [0.5, 0.6) is 0 Å². The Morgan fingerprint density at radius 1 is 1.18 bits per heavy atom. The average molecular weight is 245 g/mol. The molecule has 0 unspecified atom stereocenters. The smallest absolute Gasteiger partial charge is 0.0518 e. The predicted octanol–water partition coefficient (Wildman–Crippen LogP) is 2.58. The standard InChI is InChI=1S/C14H31NO2/c1-5-14(6-2,12-16)11-15-9-7-8-10-17-13(3)4/h13,15-16H,5-12H2,1-4H3. The summed E-state index contributed by atoms with van der Waals surface area (Å²) in [5.74, 6) is 0. The number of nitrogens with one attached hydrogen (secondary N) is 1. The summed E-state index contributed by atoms with van der Waals surface area (Å²) in [7, 11) is 0. The molecule has 0 aromatic carbocycles. The summed E-state index contributed by atoms with van der Waals surface area (Å²) in [6.07, 6.45) is 4.65. The van der Waals surface area contributed by atoms with Crippen molar-refractivity contribution in [1.29, 1.82) is 0 Å². The molecule has 104 valence electrons. The van der Waals surface area contributed by atoms with Gasteiger partial charge in [-0.15, -0.1) is 0 Å². The fourth-order valence-electron chi connectivity index (χ4n) is 1.80. The number of hydrogen-bond acceptors (Lipinski definition) is 3. The molecule has 0 aromatic rings. The van der Waals surface area contributed by atoms with E-state index in [1.54, 1.807) is 0 Å². The van der Waals surface area contributed by atoms with Gasteiger partial charge in [-0.2, -0.15) is 0 Å². The lowest BCUT2D eigenvalue weighted by Crippen LogP contribution is -2.37. The molecular weight excluding hydrogens is 214 g/mol. The molecule has 17 heavy (non-hydrogen) atoms. The number of hydrogen-bond donors (Lipinski definition) is 2. The van der Waals surface area contributed by atoms with Crippen LogP contribution < -0.4 is 5.32 Å². The summed E-state index contributed by atoms with van der Waals surface area (Å²) >= 11 is 0. The molecular formula is C14H31NO2. The van der Waals surface area contributed by atoms with Crippen LogP contribution in [-0.4, -0.2) is 37.5 Å². The van der Waals surface area contributed by atoms with Crippen molar-refractivity contribution >= 4 is 0 Å². The van der Waals surface area contributed by atoms with Crippen LogP contribution in [0.3, 0.4) is 0 Å². The van der Waals surface area contributed by atoms with Crippen molar-refractivity contribution in [2.45, 2.75) is 59.5 Å². The monoisotopic (exact) mass is 245 g/mol. The molecule has 0 fully saturated rings. The Morgan fingerprint density at radius 3 is 2.29 bits per heavy atom. The zero-order chi connectivity index (χ0) is 13.1. The van der Waals surface area contributed by atoms with Gasteiger partial charge in [-0.25, -0.2) is 0 Å². The molecule has 0 aliphatic heterocycles. The van der Waals surface area contributed by atoms with Gasteiger partial charge in [0.15, 0.2) is 0 Å². The molecule has 0 amide bonds. The van der Waals surface area contributed by atoms with E-state index in [2.05, 4.69) is 33.0 Å². The van der Waals surface area contributed by atoms with Gasteiger partial charge in [0.25, 0.3) is 0 Å². The zero-order valence-electron chi connectivity index (χ0n) is 12.1. The van der Waals surface area contributed by atoms with Gasteiger partial charge >= 0.3 is 0 Å².